The van der Waals surface area contributed by atoms with Crippen LogP contribution in [-0.4, -0.2) is 68.0 Å². The van der Waals surface area contributed by atoms with Gasteiger partial charge >= 0.3 is 9.75 Å². The molecule has 15 nitrogen and oxygen atoms in total. The van der Waals surface area contributed by atoms with Gasteiger partial charge < -0.3 is 15.5 Å². The minimum Gasteiger partial charge on any atom is -0.493 e. The standard InChI is InChI=1S/C17H20N6O2S.C13H10ClN5O2S/c1-9(2)7-18-13-6-14(20-11-3-4-11)23-15(21-13)10(8-19-23)5-12-16(24)22-17(25)26-12;14-9-4-10(16-7-1-2-7)19-11(17-9)6(5-15-19)3-8-12(20)18-13(21)22-8/h5-6,8-9,11,18,24H,3-4,7H2,1-2H3,(H,22,25);3-5,7,20H,1-2H2,(H,18,21). The molecule has 0 spiro atoms. The number of H-pyrrole nitrogens is 2. The quantitative estimate of drug-likeness (QED) is 0.152. The Balaban J connectivity index is 0.000000154. The van der Waals surface area contributed by atoms with E-state index >= 15 is 0 Å². The van der Waals surface area contributed by atoms with E-state index in [4.69, 9.17) is 16.6 Å². The fraction of sp³-hybridized carbons (Fsp3) is 0.333. The first kappa shape index (κ1) is 31.7. The monoisotopic (exact) mass is 707 g/mol. The fourth-order valence-corrected chi connectivity index (χ4v) is 6.15. The third kappa shape index (κ3) is 7.17. The number of hydrogen-bond donors (Lipinski definition) is 5. The molecule has 0 saturated heterocycles. The normalized spacial score (nSPS) is 16.4. The van der Waals surface area contributed by atoms with E-state index < -0.39 is 0 Å². The maximum atomic E-state index is 11.4. The number of anilines is 1. The summed E-state index contributed by atoms with van der Waals surface area (Å²) in [5.41, 5.74) is 2.59. The predicted molar refractivity (Wildman–Crippen MR) is 182 cm³/mol. The summed E-state index contributed by atoms with van der Waals surface area (Å²) in [7, 11) is 0. The molecule has 248 valence electrons. The molecular weight excluding hydrogens is 678 g/mol. The van der Waals surface area contributed by atoms with E-state index in [9.17, 15) is 19.8 Å². The minimum absolute atomic E-state index is 0.142. The van der Waals surface area contributed by atoms with Crippen molar-refractivity contribution in [3.05, 3.63) is 80.2 Å². The van der Waals surface area contributed by atoms with Crippen molar-refractivity contribution in [3.63, 3.8) is 0 Å². The molecule has 0 unspecified atom stereocenters. The van der Waals surface area contributed by atoms with Crippen molar-refractivity contribution in [2.75, 3.05) is 11.9 Å². The van der Waals surface area contributed by atoms with Crippen molar-refractivity contribution in [2.45, 2.75) is 51.6 Å². The van der Waals surface area contributed by atoms with Gasteiger partial charge in [0.1, 0.15) is 11.0 Å². The average molecular weight is 708 g/mol. The van der Waals surface area contributed by atoms with Crippen molar-refractivity contribution in [2.24, 2.45) is 15.9 Å². The number of halogens is 1. The molecule has 5 N–H and O–H groups in total. The lowest BCUT2D eigenvalue weighted by Gasteiger charge is -2.08. The lowest BCUT2D eigenvalue weighted by atomic mass is 10.2. The van der Waals surface area contributed by atoms with Crippen LogP contribution in [-0.2, 0) is 0 Å². The highest BCUT2D eigenvalue weighted by atomic mass is 35.5. The maximum absolute atomic E-state index is 11.4. The second-order valence-electron chi connectivity index (χ2n) is 11.8. The highest BCUT2D eigenvalue weighted by Gasteiger charge is 2.21. The first-order chi connectivity index (χ1) is 23.1. The number of rotatable bonds is 7. The Morgan fingerprint density at radius 3 is 1.85 bits per heavy atom. The van der Waals surface area contributed by atoms with Crippen LogP contribution in [0.4, 0.5) is 5.82 Å². The fourth-order valence-electron chi connectivity index (χ4n) is 4.61. The van der Waals surface area contributed by atoms with Crippen molar-refractivity contribution < 1.29 is 10.2 Å². The summed E-state index contributed by atoms with van der Waals surface area (Å²) in [5.74, 6) is 0.921. The molecule has 0 aromatic carbocycles. The number of thiazole rings is 2. The number of aromatic hydroxyl groups is 2. The zero-order valence-electron chi connectivity index (χ0n) is 25.7. The Morgan fingerprint density at radius 2 is 1.40 bits per heavy atom. The summed E-state index contributed by atoms with van der Waals surface area (Å²) in [6.45, 7) is 5.07. The SMILES string of the molecule is CC(C)CNc1cc(=NC2CC2)n2ncc(=Cc3sc(=O)[nH]c3O)c2n1.O=c1[nH]c(O)c(C=c2cnn3c(=NC4CC4)cc(Cl)nc23)s1. The minimum atomic E-state index is -0.323. The highest BCUT2D eigenvalue weighted by molar-refractivity contribution is 7.10. The van der Waals surface area contributed by atoms with Gasteiger partial charge in [-0.15, -0.1) is 0 Å². The van der Waals surface area contributed by atoms with E-state index in [0.717, 1.165) is 71.4 Å². The third-order valence-corrected chi connectivity index (χ3v) is 9.06. The van der Waals surface area contributed by atoms with Crippen LogP contribution in [0.2, 0.25) is 5.15 Å². The lowest BCUT2D eigenvalue weighted by molar-refractivity contribution is 0.454. The Kier molecular flexibility index (Phi) is 8.57. The third-order valence-electron chi connectivity index (χ3n) is 7.23. The lowest BCUT2D eigenvalue weighted by Crippen LogP contribution is -2.21. The van der Waals surface area contributed by atoms with Crippen LogP contribution in [0.5, 0.6) is 11.8 Å². The van der Waals surface area contributed by atoms with Gasteiger partial charge in [0.25, 0.3) is 0 Å². The van der Waals surface area contributed by atoms with Crippen molar-refractivity contribution >= 4 is 63.5 Å². The van der Waals surface area contributed by atoms with Crippen LogP contribution in [0, 0.1) is 5.92 Å². The van der Waals surface area contributed by atoms with E-state index in [1.807, 2.05) is 6.07 Å². The van der Waals surface area contributed by atoms with Crippen LogP contribution in [0.25, 0.3) is 23.4 Å². The van der Waals surface area contributed by atoms with Crippen LogP contribution in [0.3, 0.4) is 0 Å². The molecule has 0 atom stereocenters. The largest absolute Gasteiger partial charge is 0.493 e. The summed E-state index contributed by atoms with van der Waals surface area (Å²) >= 11 is 7.92. The zero-order valence-corrected chi connectivity index (χ0v) is 28.1. The molecule has 0 radical (unpaired) electrons. The van der Waals surface area contributed by atoms with E-state index in [2.05, 4.69) is 54.3 Å². The second kappa shape index (κ2) is 13.0. The Morgan fingerprint density at radius 1 is 0.896 bits per heavy atom. The summed E-state index contributed by atoms with van der Waals surface area (Å²) in [6, 6.07) is 4.28. The first-order valence-corrected chi connectivity index (χ1v) is 17.2. The molecule has 0 bridgehead atoms. The van der Waals surface area contributed by atoms with E-state index in [-0.39, 0.29) is 21.5 Å². The van der Waals surface area contributed by atoms with Gasteiger partial charge in [0.05, 0.1) is 34.2 Å². The number of nitrogens with zero attached hydrogens (tertiary/aromatic N) is 8. The van der Waals surface area contributed by atoms with Gasteiger partial charge in [0.2, 0.25) is 11.8 Å². The molecule has 2 fully saturated rings. The average Bonchev–Trinajstić information content (AvgIpc) is 3.89. The Bertz CT molecular complexity index is 2520. The molecule has 8 rings (SSSR count). The highest BCUT2D eigenvalue weighted by Crippen LogP contribution is 2.23. The Labute approximate surface area is 283 Å². The number of aromatic nitrogens is 8. The maximum Gasteiger partial charge on any atom is 0.307 e. The van der Waals surface area contributed by atoms with Crippen molar-refractivity contribution in [3.8, 4) is 11.8 Å². The molecule has 6 heterocycles. The molecule has 0 aliphatic heterocycles. The van der Waals surface area contributed by atoms with E-state index in [1.165, 1.54) is 0 Å². The van der Waals surface area contributed by atoms with Gasteiger partial charge in [-0.1, -0.05) is 48.1 Å². The molecule has 6 aromatic heterocycles. The van der Waals surface area contributed by atoms with Crippen LogP contribution >= 0.6 is 34.3 Å². The predicted octanol–water partition coefficient (Wildman–Crippen LogP) is 1.31. The first-order valence-electron chi connectivity index (χ1n) is 15.2. The van der Waals surface area contributed by atoms with E-state index in [1.54, 1.807) is 39.6 Å². The van der Waals surface area contributed by atoms with Crippen LogP contribution in [0.1, 0.15) is 49.3 Å². The number of hydrogen-bond acceptors (Lipinski definition) is 13. The van der Waals surface area contributed by atoms with Gasteiger partial charge in [-0.3, -0.25) is 29.5 Å². The number of fused-ring (bicyclic) bond motifs is 2. The summed E-state index contributed by atoms with van der Waals surface area (Å²) < 4.78 is 3.32. The van der Waals surface area contributed by atoms with E-state index in [0.29, 0.717) is 54.9 Å². The van der Waals surface area contributed by atoms with Crippen molar-refractivity contribution in [1.29, 1.82) is 0 Å². The van der Waals surface area contributed by atoms with Gasteiger partial charge in [-0.05, 0) is 43.8 Å². The number of nitrogens with one attached hydrogen (secondary N) is 3. The summed E-state index contributed by atoms with van der Waals surface area (Å²) in [5, 5.41) is 33.2. The van der Waals surface area contributed by atoms with Crippen LogP contribution < -0.4 is 36.5 Å². The molecular formula is C30H30ClN11O4S2. The molecule has 2 aliphatic carbocycles. The van der Waals surface area contributed by atoms with Crippen LogP contribution in [0.15, 0.2) is 44.1 Å². The van der Waals surface area contributed by atoms with Gasteiger partial charge in [0, 0.05) is 29.1 Å². The van der Waals surface area contributed by atoms with Gasteiger partial charge in [-0.2, -0.15) is 19.2 Å². The van der Waals surface area contributed by atoms with Gasteiger partial charge in [-0.25, -0.2) is 9.97 Å². The molecule has 2 saturated carbocycles. The molecule has 48 heavy (non-hydrogen) atoms. The molecule has 18 heteroatoms. The summed E-state index contributed by atoms with van der Waals surface area (Å²) in [6.07, 6.45) is 11.0. The molecule has 2 aliphatic rings. The topological polar surface area (TPSA) is 203 Å². The van der Waals surface area contributed by atoms with Crippen molar-refractivity contribution in [1.82, 2.24) is 39.2 Å². The Hall–Kier alpha value is -4.87. The molecule has 6 aromatic rings. The molecule has 0 amide bonds. The smallest absolute Gasteiger partial charge is 0.307 e. The summed E-state index contributed by atoms with van der Waals surface area (Å²) in [4.78, 5) is 45.8. The van der Waals surface area contributed by atoms with Gasteiger partial charge in [0.15, 0.2) is 22.3 Å². The zero-order chi connectivity index (χ0) is 33.5. The second-order valence-corrected chi connectivity index (χ2v) is 14.3. The number of aromatic amines is 2.